The van der Waals surface area contributed by atoms with E-state index in [0.717, 1.165) is 42.3 Å². The van der Waals surface area contributed by atoms with E-state index in [1.165, 1.54) is 25.3 Å². The maximum absolute atomic E-state index is 12.6. The number of phenolic OH excluding ortho intramolecular Hbond substituents is 1. The SMILES string of the molecule is COc1cc(/C=C2\SC(=O)N(CC(=O)N3CCCCCC3)C2=O)cc(Cl)c1O. The number of likely N-dealkylation sites (tertiary alicyclic amines) is 1. The van der Waals surface area contributed by atoms with Gasteiger partial charge in [-0.05, 0) is 48.4 Å². The number of hydrogen-bond donors (Lipinski definition) is 1. The van der Waals surface area contributed by atoms with E-state index >= 15 is 0 Å². The molecule has 2 saturated heterocycles. The van der Waals surface area contributed by atoms with Gasteiger partial charge in [0.25, 0.3) is 11.1 Å². The van der Waals surface area contributed by atoms with Gasteiger partial charge in [-0.25, -0.2) is 0 Å². The first-order valence-corrected chi connectivity index (χ1v) is 10.2. The number of imide groups is 1. The molecule has 9 heteroatoms. The smallest absolute Gasteiger partial charge is 0.294 e. The minimum atomic E-state index is -0.513. The molecule has 0 aliphatic carbocycles. The molecule has 3 rings (SSSR count). The molecular formula is C19H21ClN2O5S. The first-order valence-electron chi connectivity index (χ1n) is 9.00. The van der Waals surface area contributed by atoms with Gasteiger partial charge in [0.05, 0.1) is 17.0 Å². The van der Waals surface area contributed by atoms with Gasteiger partial charge in [-0.15, -0.1) is 0 Å². The molecule has 0 aromatic heterocycles. The Morgan fingerprint density at radius 3 is 2.57 bits per heavy atom. The third kappa shape index (κ3) is 4.44. The van der Waals surface area contributed by atoms with Gasteiger partial charge in [-0.3, -0.25) is 19.3 Å². The van der Waals surface area contributed by atoms with Crippen LogP contribution in [0.2, 0.25) is 5.02 Å². The number of phenols is 1. The van der Waals surface area contributed by atoms with Gasteiger partial charge >= 0.3 is 0 Å². The Balaban J connectivity index is 1.75. The van der Waals surface area contributed by atoms with Crippen LogP contribution in [0.3, 0.4) is 0 Å². The van der Waals surface area contributed by atoms with E-state index in [9.17, 15) is 19.5 Å². The van der Waals surface area contributed by atoms with Crippen molar-refractivity contribution in [1.29, 1.82) is 0 Å². The summed E-state index contributed by atoms with van der Waals surface area (Å²) in [5.74, 6) is -0.757. The average molecular weight is 425 g/mol. The number of ether oxygens (including phenoxy) is 1. The third-order valence-electron chi connectivity index (χ3n) is 4.69. The van der Waals surface area contributed by atoms with E-state index in [0.29, 0.717) is 18.7 Å². The lowest BCUT2D eigenvalue weighted by atomic mass is 10.2. The van der Waals surface area contributed by atoms with Crippen LogP contribution in [0, 0.1) is 0 Å². The van der Waals surface area contributed by atoms with Crippen molar-refractivity contribution in [3.05, 3.63) is 27.6 Å². The molecule has 0 bridgehead atoms. The van der Waals surface area contributed by atoms with E-state index in [1.807, 2.05) is 0 Å². The molecule has 0 saturated carbocycles. The highest BCUT2D eigenvalue weighted by atomic mass is 35.5. The highest BCUT2D eigenvalue weighted by Crippen LogP contribution is 2.37. The van der Waals surface area contributed by atoms with Crippen molar-refractivity contribution in [2.24, 2.45) is 0 Å². The van der Waals surface area contributed by atoms with Gasteiger partial charge in [0.15, 0.2) is 11.5 Å². The molecule has 0 radical (unpaired) electrons. The molecule has 3 amide bonds. The van der Waals surface area contributed by atoms with Crippen molar-refractivity contribution in [2.75, 3.05) is 26.7 Å². The number of benzene rings is 1. The molecule has 1 aromatic carbocycles. The minimum Gasteiger partial charge on any atom is -0.503 e. The number of rotatable bonds is 4. The molecule has 2 heterocycles. The molecular weight excluding hydrogens is 404 g/mol. The second-order valence-electron chi connectivity index (χ2n) is 6.62. The Hall–Kier alpha value is -2.19. The largest absolute Gasteiger partial charge is 0.503 e. The van der Waals surface area contributed by atoms with Gasteiger partial charge in [-0.2, -0.15) is 0 Å². The number of aromatic hydroxyl groups is 1. The zero-order valence-electron chi connectivity index (χ0n) is 15.4. The lowest BCUT2D eigenvalue weighted by molar-refractivity contribution is -0.135. The lowest BCUT2D eigenvalue weighted by Gasteiger charge is -2.22. The summed E-state index contributed by atoms with van der Waals surface area (Å²) in [4.78, 5) is 40.3. The molecule has 0 spiro atoms. The summed E-state index contributed by atoms with van der Waals surface area (Å²) < 4.78 is 5.05. The first-order chi connectivity index (χ1) is 13.4. The first kappa shape index (κ1) is 20.5. The Morgan fingerprint density at radius 2 is 1.93 bits per heavy atom. The number of halogens is 1. The molecule has 7 nitrogen and oxygen atoms in total. The molecule has 28 heavy (non-hydrogen) atoms. The van der Waals surface area contributed by atoms with Gasteiger partial charge in [-0.1, -0.05) is 24.4 Å². The maximum Gasteiger partial charge on any atom is 0.294 e. The van der Waals surface area contributed by atoms with Gasteiger partial charge in [0.1, 0.15) is 6.54 Å². The minimum absolute atomic E-state index is 0.0705. The van der Waals surface area contributed by atoms with Crippen molar-refractivity contribution in [2.45, 2.75) is 25.7 Å². The Morgan fingerprint density at radius 1 is 1.25 bits per heavy atom. The number of thioether (sulfide) groups is 1. The van der Waals surface area contributed by atoms with E-state index in [-0.39, 0.29) is 33.9 Å². The van der Waals surface area contributed by atoms with Crippen LogP contribution in [0.5, 0.6) is 11.5 Å². The molecule has 0 unspecified atom stereocenters. The van der Waals surface area contributed by atoms with Crippen LogP contribution in [0.1, 0.15) is 31.2 Å². The van der Waals surface area contributed by atoms with Crippen molar-refractivity contribution < 1.29 is 24.2 Å². The topological polar surface area (TPSA) is 87.2 Å². The summed E-state index contributed by atoms with van der Waals surface area (Å²) >= 11 is 6.74. The molecule has 2 fully saturated rings. The number of carbonyl (C=O) groups is 3. The Kier molecular flexibility index (Phi) is 6.51. The van der Waals surface area contributed by atoms with Crippen LogP contribution in [-0.4, -0.2) is 58.7 Å². The van der Waals surface area contributed by atoms with Gasteiger partial charge < -0.3 is 14.7 Å². The summed E-state index contributed by atoms with van der Waals surface area (Å²) in [7, 11) is 1.39. The second-order valence-corrected chi connectivity index (χ2v) is 8.02. The zero-order chi connectivity index (χ0) is 20.3. The highest BCUT2D eigenvalue weighted by Gasteiger charge is 2.37. The van der Waals surface area contributed by atoms with Crippen molar-refractivity contribution in [3.8, 4) is 11.5 Å². The molecule has 150 valence electrons. The van der Waals surface area contributed by atoms with Crippen LogP contribution < -0.4 is 4.74 Å². The fourth-order valence-corrected chi connectivity index (χ4v) is 4.23. The lowest BCUT2D eigenvalue weighted by Crippen LogP contribution is -2.42. The van der Waals surface area contributed by atoms with Crippen LogP contribution in [-0.2, 0) is 9.59 Å². The molecule has 2 aliphatic heterocycles. The van der Waals surface area contributed by atoms with Crippen LogP contribution in [0.4, 0.5) is 4.79 Å². The number of nitrogens with zero attached hydrogens (tertiary/aromatic N) is 2. The number of amides is 3. The average Bonchev–Trinajstić information content (AvgIpc) is 2.88. The second kappa shape index (κ2) is 8.87. The van der Waals surface area contributed by atoms with E-state index in [2.05, 4.69) is 0 Å². The van der Waals surface area contributed by atoms with Crippen LogP contribution in [0.15, 0.2) is 17.0 Å². The number of methoxy groups -OCH3 is 1. The van der Waals surface area contributed by atoms with Crippen molar-refractivity contribution in [1.82, 2.24) is 9.80 Å². The molecule has 1 N–H and O–H groups in total. The van der Waals surface area contributed by atoms with Crippen molar-refractivity contribution in [3.63, 3.8) is 0 Å². The zero-order valence-corrected chi connectivity index (χ0v) is 17.0. The normalized spacial score (nSPS) is 19.3. The monoisotopic (exact) mass is 424 g/mol. The number of carbonyl (C=O) groups excluding carboxylic acids is 3. The van der Waals surface area contributed by atoms with E-state index < -0.39 is 11.1 Å². The summed E-state index contributed by atoms with van der Waals surface area (Å²) in [6.07, 6.45) is 5.56. The fraction of sp³-hybridized carbons (Fsp3) is 0.421. The Bertz CT molecular complexity index is 834. The van der Waals surface area contributed by atoms with Crippen molar-refractivity contribution >= 4 is 46.5 Å². The summed E-state index contributed by atoms with van der Waals surface area (Å²) in [5.41, 5.74) is 0.504. The summed E-state index contributed by atoms with van der Waals surface area (Å²) in [5, 5.41) is 9.40. The summed E-state index contributed by atoms with van der Waals surface area (Å²) in [6, 6.07) is 2.98. The fourth-order valence-electron chi connectivity index (χ4n) is 3.18. The van der Waals surface area contributed by atoms with E-state index in [1.54, 1.807) is 4.90 Å². The van der Waals surface area contributed by atoms with Gasteiger partial charge in [0, 0.05) is 13.1 Å². The maximum atomic E-state index is 12.6. The molecule has 2 aliphatic rings. The van der Waals surface area contributed by atoms with E-state index in [4.69, 9.17) is 16.3 Å². The van der Waals surface area contributed by atoms with Gasteiger partial charge in [0.2, 0.25) is 5.91 Å². The summed E-state index contributed by atoms with van der Waals surface area (Å²) in [6.45, 7) is 1.08. The quantitative estimate of drug-likeness (QED) is 0.744. The predicted octanol–water partition coefficient (Wildman–Crippen LogP) is 3.49. The van der Waals surface area contributed by atoms with Crippen LogP contribution >= 0.6 is 23.4 Å². The van der Waals surface area contributed by atoms with Crippen LogP contribution in [0.25, 0.3) is 6.08 Å². The molecule has 0 atom stereocenters. The highest BCUT2D eigenvalue weighted by molar-refractivity contribution is 8.18. The third-order valence-corrected chi connectivity index (χ3v) is 5.89. The standard InChI is InChI=1S/C19H21ClN2O5S/c1-27-14-9-12(8-13(20)17(14)24)10-15-18(25)22(19(26)28-15)11-16(23)21-6-4-2-3-5-7-21/h8-10,24H,2-7,11H2,1H3/b15-10-. The molecule has 1 aromatic rings. The number of hydrogen-bond acceptors (Lipinski definition) is 6. The Labute approximate surface area is 172 Å². The predicted molar refractivity (Wildman–Crippen MR) is 107 cm³/mol.